The van der Waals surface area contributed by atoms with Crippen LogP contribution < -0.4 is 0 Å². The lowest BCUT2D eigenvalue weighted by molar-refractivity contribution is 1.07. The Morgan fingerprint density at radius 2 is 0.980 bits per heavy atom. The van der Waals surface area contributed by atoms with Gasteiger partial charge < -0.3 is 4.57 Å². The zero-order valence-electron chi connectivity index (χ0n) is 28.0. The van der Waals surface area contributed by atoms with E-state index in [4.69, 9.17) is 9.98 Å². The van der Waals surface area contributed by atoms with Crippen molar-refractivity contribution in [2.75, 3.05) is 0 Å². The van der Waals surface area contributed by atoms with E-state index in [2.05, 4.69) is 160 Å². The summed E-state index contributed by atoms with van der Waals surface area (Å²) in [4.78, 5) is 15.0. The number of rotatable bonds is 5. The molecule has 5 nitrogen and oxygen atoms in total. The van der Waals surface area contributed by atoms with E-state index in [1.54, 1.807) is 0 Å². The Morgan fingerprint density at radius 1 is 0.471 bits per heavy atom. The Morgan fingerprint density at radius 3 is 1.61 bits per heavy atom. The van der Waals surface area contributed by atoms with Crippen LogP contribution in [-0.2, 0) is 0 Å². The van der Waals surface area contributed by atoms with Crippen LogP contribution >= 0.6 is 0 Å². The van der Waals surface area contributed by atoms with Crippen LogP contribution in [0.5, 0.6) is 0 Å². The molecule has 240 valence electrons. The Bertz CT molecular complexity index is 3050. The molecule has 0 fully saturated rings. The van der Waals surface area contributed by atoms with E-state index >= 15 is 0 Å². The van der Waals surface area contributed by atoms with Crippen molar-refractivity contribution in [2.45, 2.75) is 6.92 Å². The molecule has 3 aromatic heterocycles. The summed E-state index contributed by atoms with van der Waals surface area (Å²) in [5.41, 5.74) is 8.90. The van der Waals surface area contributed by atoms with Crippen LogP contribution in [0.1, 0.15) is 12.6 Å². The number of aromatic nitrogens is 3. The van der Waals surface area contributed by atoms with Crippen LogP contribution in [0, 0.1) is 0 Å². The third kappa shape index (κ3) is 4.31. The monoisotopic (exact) mass is 653 g/mol. The molecule has 0 aliphatic heterocycles. The molecule has 0 bridgehead atoms. The highest BCUT2D eigenvalue weighted by molar-refractivity contribution is 6.29. The second-order valence-electron chi connectivity index (χ2n) is 12.9. The minimum Gasteiger partial charge on any atom is -0.309 e. The average molecular weight is 654 g/mol. The number of aliphatic imine (C=N–C) groups is 2. The Balaban J connectivity index is 1.21. The van der Waals surface area contributed by atoms with Gasteiger partial charge in [0.05, 0.1) is 44.8 Å². The van der Waals surface area contributed by atoms with E-state index in [0.29, 0.717) is 0 Å². The molecule has 0 unspecified atom stereocenters. The molecule has 7 aromatic carbocycles. The zero-order chi connectivity index (χ0) is 34.1. The predicted molar refractivity (Wildman–Crippen MR) is 215 cm³/mol. The van der Waals surface area contributed by atoms with Gasteiger partial charge in [-0.15, -0.1) is 0 Å². The first-order valence-electron chi connectivity index (χ1n) is 17.2. The Hall–Kier alpha value is -6.85. The van der Waals surface area contributed by atoms with Crippen LogP contribution in [0.2, 0.25) is 0 Å². The van der Waals surface area contributed by atoms with Gasteiger partial charge in [-0.05, 0) is 72.9 Å². The van der Waals surface area contributed by atoms with Crippen molar-refractivity contribution in [1.29, 1.82) is 0 Å². The summed E-state index contributed by atoms with van der Waals surface area (Å²) in [7, 11) is 0. The van der Waals surface area contributed by atoms with Crippen molar-refractivity contribution in [3.05, 3.63) is 163 Å². The summed E-state index contributed by atoms with van der Waals surface area (Å²) < 4.78 is 4.66. The lowest BCUT2D eigenvalue weighted by Gasteiger charge is -2.13. The van der Waals surface area contributed by atoms with Crippen molar-refractivity contribution >= 4 is 89.0 Å². The summed E-state index contributed by atoms with van der Waals surface area (Å²) >= 11 is 0. The minimum atomic E-state index is 0.779. The van der Waals surface area contributed by atoms with Crippen molar-refractivity contribution in [3.8, 4) is 11.5 Å². The van der Waals surface area contributed by atoms with Gasteiger partial charge in [0.25, 0.3) is 0 Å². The van der Waals surface area contributed by atoms with Crippen molar-refractivity contribution in [3.63, 3.8) is 0 Å². The third-order valence-corrected chi connectivity index (χ3v) is 10.1. The van der Waals surface area contributed by atoms with Crippen LogP contribution in [0.4, 0.5) is 11.4 Å². The maximum absolute atomic E-state index is 5.29. The molecule has 5 heteroatoms. The lowest BCUT2D eigenvalue weighted by Crippen LogP contribution is -2.04. The summed E-state index contributed by atoms with van der Waals surface area (Å²) in [6.07, 6.45) is 0. The first-order chi connectivity index (χ1) is 25.2. The van der Waals surface area contributed by atoms with E-state index in [1.165, 1.54) is 32.6 Å². The smallest absolute Gasteiger partial charge is 0.138 e. The molecule has 0 amide bonds. The second kappa shape index (κ2) is 11.4. The van der Waals surface area contributed by atoms with Crippen molar-refractivity contribution < 1.29 is 0 Å². The van der Waals surface area contributed by atoms with Crippen LogP contribution in [0.3, 0.4) is 0 Å². The fourth-order valence-electron chi connectivity index (χ4n) is 7.97. The molecule has 10 aromatic rings. The largest absolute Gasteiger partial charge is 0.309 e. The molecule has 0 saturated heterocycles. The highest BCUT2D eigenvalue weighted by atomic mass is 15.1. The van der Waals surface area contributed by atoms with Gasteiger partial charge in [-0.2, -0.15) is 0 Å². The standard InChI is InChI=1S/C46H31N5/c1-29(48-46-34-20-9-7-18-32(34)31-17-6-8-19-33(31)45(46)47-2)37-23-14-26-42(49-37)51-39-25-13-11-22-36(39)44-41(51)28-27-40-43(44)35-21-10-12-24-38(35)50(40)30-15-4-3-5-16-30/h3-28H,2H2,1H3/b48-29+. The fourth-order valence-corrected chi connectivity index (χ4v) is 7.97. The van der Waals surface area contributed by atoms with Gasteiger partial charge in [-0.25, -0.2) is 9.98 Å². The first kappa shape index (κ1) is 29.1. The van der Waals surface area contributed by atoms with Crippen LogP contribution in [-0.4, -0.2) is 26.5 Å². The Labute approximate surface area is 294 Å². The molecule has 0 spiro atoms. The highest BCUT2D eigenvalue weighted by Crippen LogP contribution is 2.44. The maximum atomic E-state index is 5.29. The van der Waals surface area contributed by atoms with Crippen molar-refractivity contribution in [1.82, 2.24) is 14.1 Å². The molecule has 0 N–H and O–H groups in total. The van der Waals surface area contributed by atoms with Crippen LogP contribution in [0.25, 0.3) is 76.7 Å². The topological polar surface area (TPSA) is 47.5 Å². The number of pyridine rings is 1. The fraction of sp³-hybridized carbons (Fsp3) is 0.0217. The number of benzene rings is 7. The SMILES string of the molecule is C=Nc1c(/N=C(\C)c2cccc(-n3c4ccccc4c4c5c6ccccc6n(-c6ccccc6)c5ccc43)n2)c2ccccc2c2ccccc12. The second-order valence-corrected chi connectivity index (χ2v) is 12.9. The van der Waals surface area contributed by atoms with Gasteiger partial charge >= 0.3 is 0 Å². The summed E-state index contributed by atoms with van der Waals surface area (Å²) in [6, 6.07) is 55.4. The number of nitrogens with zero attached hydrogens (tertiary/aromatic N) is 5. The molecule has 0 atom stereocenters. The molecule has 0 aliphatic carbocycles. The summed E-state index contributed by atoms with van der Waals surface area (Å²) in [6.45, 7) is 5.98. The van der Waals surface area contributed by atoms with Gasteiger partial charge in [-0.1, -0.05) is 109 Å². The quantitative estimate of drug-likeness (QED) is 0.135. The maximum Gasteiger partial charge on any atom is 0.138 e. The zero-order valence-corrected chi connectivity index (χ0v) is 28.0. The molecule has 3 heterocycles. The van der Waals surface area contributed by atoms with E-state index in [0.717, 1.165) is 66.9 Å². The van der Waals surface area contributed by atoms with Crippen molar-refractivity contribution in [2.24, 2.45) is 9.98 Å². The number of fused-ring (bicyclic) bond motifs is 10. The highest BCUT2D eigenvalue weighted by Gasteiger charge is 2.21. The third-order valence-electron chi connectivity index (χ3n) is 10.1. The molecular formula is C46H31N5. The predicted octanol–water partition coefficient (Wildman–Crippen LogP) is 12.1. The normalized spacial score (nSPS) is 12.2. The first-order valence-corrected chi connectivity index (χ1v) is 17.2. The van der Waals surface area contributed by atoms with E-state index in [-0.39, 0.29) is 0 Å². The minimum absolute atomic E-state index is 0.779. The van der Waals surface area contributed by atoms with Gasteiger partial charge in [0.2, 0.25) is 0 Å². The molecule has 10 rings (SSSR count). The molecule has 0 saturated carbocycles. The van der Waals surface area contributed by atoms with Gasteiger partial charge in [0, 0.05) is 38.0 Å². The molecular weight excluding hydrogens is 623 g/mol. The van der Waals surface area contributed by atoms with Gasteiger partial charge in [-0.3, -0.25) is 9.56 Å². The number of hydrogen-bond donors (Lipinski definition) is 0. The van der Waals surface area contributed by atoms with Crippen LogP contribution in [0.15, 0.2) is 168 Å². The summed E-state index contributed by atoms with van der Waals surface area (Å²) in [5, 5.41) is 9.22. The van der Waals surface area contributed by atoms with E-state index in [9.17, 15) is 0 Å². The molecule has 0 aliphatic rings. The average Bonchev–Trinajstić information content (AvgIpc) is 3.71. The number of para-hydroxylation sites is 3. The molecule has 51 heavy (non-hydrogen) atoms. The summed E-state index contributed by atoms with van der Waals surface area (Å²) in [5.74, 6) is 0.838. The van der Waals surface area contributed by atoms with Gasteiger partial charge in [0.15, 0.2) is 0 Å². The Kier molecular flexibility index (Phi) is 6.48. The van der Waals surface area contributed by atoms with E-state index < -0.39 is 0 Å². The van der Waals surface area contributed by atoms with E-state index in [1.807, 2.05) is 25.1 Å². The van der Waals surface area contributed by atoms with Gasteiger partial charge in [0.1, 0.15) is 5.82 Å². The molecule has 0 radical (unpaired) electrons. The number of hydrogen-bond acceptors (Lipinski definition) is 3. The lowest BCUT2D eigenvalue weighted by atomic mass is 9.98.